The third kappa shape index (κ3) is 6.05. The highest BCUT2D eigenvalue weighted by molar-refractivity contribution is 5.93. The minimum Gasteiger partial charge on any atom is -0.377 e. The van der Waals surface area contributed by atoms with E-state index in [4.69, 9.17) is 0 Å². The number of rotatable bonds is 6. The van der Waals surface area contributed by atoms with Crippen molar-refractivity contribution in [2.75, 3.05) is 12.4 Å². The van der Waals surface area contributed by atoms with Crippen LogP contribution in [0.25, 0.3) is 22.4 Å². The summed E-state index contributed by atoms with van der Waals surface area (Å²) < 4.78 is 42.9. The molecular formula is C25H24F3N9O4. The predicted molar refractivity (Wildman–Crippen MR) is 142 cm³/mol. The molecule has 16 heteroatoms. The fourth-order valence-electron chi connectivity index (χ4n) is 3.96. The molecule has 0 spiro atoms. The minimum atomic E-state index is -4.60. The number of amidine groups is 1. The third-order valence-corrected chi connectivity index (χ3v) is 6.07. The molecule has 0 aromatic carbocycles. The van der Waals surface area contributed by atoms with Crippen LogP contribution in [-0.4, -0.2) is 53.4 Å². The van der Waals surface area contributed by atoms with E-state index in [1.807, 2.05) is 0 Å². The van der Waals surface area contributed by atoms with Gasteiger partial charge in [0.15, 0.2) is 11.2 Å². The molecule has 4 rings (SSSR count). The van der Waals surface area contributed by atoms with Crippen LogP contribution in [0.4, 0.5) is 19.0 Å². The van der Waals surface area contributed by atoms with E-state index in [0.717, 1.165) is 10.6 Å². The fourth-order valence-corrected chi connectivity index (χ4v) is 3.96. The van der Waals surface area contributed by atoms with Crippen molar-refractivity contribution in [2.24, 2.45) is 12.0 Å². The average molecular weight is 572 g/mol. The number of carbonyl (C=O) groups is 2. The maximum Gasteiger partial charge on any atom is 0.418 e. The molecule has 0 aliphatic heterocycles. The summed E-state index contributed by atoms with van der Waals surface area (Å²) in [6.45, 7) is 1.74. The van der Waals surface area contributed by atoms with Gasteiger partial charge in [-0.05, 0) is 32.0 Å². The van der Waals surface area contributed by atoms with Gasteiger partial charge in [-0.3, -0.25) is 23.9 Å². The molecule has 2 N–H and O–H groups in total. The number of nitrogens with one attached hydrogen (secondary N) is 2. The van der Waals surface area contributed by atoms with Crippen LogP contribution in [0.15, 0.2) is 51.4 Å². The molecule has 41 heavy (non-hydrogen) atoms. The summed E-state index contributed by atoms with van der Waals surface area (Å²) in [5.74, 6) is -1.05. The maximum atomic E-state index is 13.3. The molecule has 2 amide bonds. The van der Waals surface area contributed by atoms with Crippen LogP contribution < -0.4 is 21.9 Å². The Hall–Kier alpha value is -5.15. The van der Waals surface area contributed by atoms with Crippen LogP contribution >= 0.6 is 0 Å². The largest absolute Gasteiger partial charge is 0.418 e. The van der Waals surface area contributed by atoms with Crippen LogP contribution in [0.1, 0.15) is 18.2 Å². The topological polar surface area (TPSA) is 158 Å². The van der Waals surface area contributed by atoms with E-state index in [1.165, 1.54) is 56.2 Å². The second-order valence-corrected chi connectivity index (χ2v) is 8.93. The number of nitrogens with zero attached hydrogens (tertiary/aromatic N) is 7. The molecule has 0 saturated heterocycles. The highest BCUT2D eigenvalue weighted by Gasteiger charge is 2.33. The monoisotopic (exact) mass is 571 g/mol. The van der Waals surface area contributed by atoms with E-state index in [1.54, 1.807) is 7.05 Å². The van der Waals surface area contributed by atoms with Crippen LogP contribution in [0.3, 0.4) is 0 Å². The number of pyridine rings is 2. The zero-order chi connectivity index (χ0) is 30.1. The first kappa shape index (κ1) is 28.8. The van der Waals surface area contributed by atoms with E-state index in [0.29, 0.717) is 10.4 Å². The number of aromatic nitrogens is 6. The van der Waals surface area contributed by atoms with Crippen molar-refractivity contribution in [1.82, 2.24) is 34.0 Å². The van der Waals surface area contributed by atoms with Gasteiger partial charge in [-0.2, -0.15) is 18.2 Å². The standard InChI is InChI=1S/C25H24F3N9O4/c1-13-16(25(26,27)28)8-15(9-30-13)17-6-5-7-18(33-17)34-19(38)10-36-12-31-22-21(36)23(40)37(24(41)35(22)4)11-20(39)32-14(2)29-3/h5-9,12H,10-11H2,1-4H3,(H,29,32,39)(H,33,34,38). The Morgan fingerprint density at radius 2 is 1.85 bits per heavy atom. The van der Waals surface area contributed by atoms with Gasteiger partial charge in [0.05, 0.1) is 17.6 Å². The molecule has 0 bridgehead atoms. The first-order chi connectivity index (χ1) is 19.3. The Kier molecular flexibility index (Phi) is 7.84. The van der Waals surface area contributed by atoms with Crippen molar-refractivity contribution >= 4 is 34.6 Å². The van der Waals surface area contributed by atoms with E-state index in [9.17, 15) is 32.3 Å². The molecule has 0 aliphatic carbocycles. The lowest BCUT2D eigenvalue weighted by atomic mass is 10.1. The van der Waals surface area contributed by atoms with Gasteiger partial charge in [-0.1, -0.05) is 6.07 Å². The second-order valence-electron chi connectivity index (χ2n) is 8.93. The van der Waals surface area contributed by atoms with Crippen molar-refractivity contribution in [3.63, 3.8) is 0 Å². The molecule has 4 heterocycles. The number of carbonyl (C=O) groups excluding carboxylic acids is 2. The Bertz CT molecular complexity index is 1820. The van der Waals surface area contributed by atoms with E-state index < -0.39 is 47.9 Å². The third-order valence-electron chi connectivity index (χ3n) is 6.07. The summed E-state index contributed by atoms with van der Waals surface area (Å²) in [4.78, 5) is 66.9. The number of alkyl halides is 3. The number of aryl methyl sites for hydroxylation is 2. The van der Waals surface area contributed by atoms with Crippen LogP contribution in [0, 0.1) is 6.92 Å². The number of hydrogen-bond acceptors (Lipinski definition) is 7. The van der Waals surface area contributed by atoms with Gasteiger partial charge in [0.25, 0.3) is 11.5 Å². The first-order valence-corrected chi connectivity index (χ1v) is 12.0. The molecule has 0 radical (unpaired) electrons. The lowest BCUT2D eigenvalue weighted by Crippen LogP contribution is -2.41. The average Bonchev–Trinajstić information content (AvgIpc) is 3.33. The highest BCUT2D eigenvalue weighted by atomic mass is 19.4. The number of amides is 2. The van der Waals surface area contributed by atoms with Crippen molar-refractivity contribution in [3.8, 4) is 11.3 Å². The number of anilines is 1. The lowest BCUT2D eigenvalue weighted by molar-refractivity contribution is -0.138. The molecule has 4 aromatic rings. The molecule has 0 atom stereocenters. The lowest BCUT2D eigenvalue weighted by Gasteiger charge is -2.12. The van der Waals surface area contributed by atoms with Crippen molar-refractivity contribution in [2.45, 2.75) is 33.1 Å². The summed E-state index contributed by atoms with van der Waals surface area (Å²) in [6.07, 6.45) is -2.15. The Morgan fingerprint density at radius 1 is 1.12 bits per heavy atom. The van der Waals surface area contributed by atoms with Crippen molar-refractivity contribution in [3.05, 3.63) is 68.9 Å². The van der Waals surface area contributed by atoms with E-state index in [-0.39, 0.29) is 33.9 Å². The van der Waals surface area contributed by atoms with Crippen molar-refractivity contribution in [1.29, 1.82) is 0 Å². The van der Waals surface area contributed by atoms with Gasteiger partial charge in [0.2, 0.25) is 5.91 Å². The second kappa shape index (κ2) is 11.1. The molecular weight excluding hydrogens is 547 g/mol. The molecule has 0 aliphatic rings. The molecule has 13 nitrogen and oxygen atoms in total. The minimum absolute atomic E-state index is 0.00105. The van der Waals surface area contributed by atoms with Gasteiger partial charge in [-0.25, -0.2) is 19.3 Å². The van der Waals surface area contributed by atoms with Gasteiger partial charge in [0.1, 0.15) is 24.7 Å². The number of fused-ring (bicyclic) bond motifs is 1. The zero-order valence-corrected chi connectivity index (χ0v) is 22.3. The van der Waals surface area contributed by atoms with Crippen molar-refractivity contribution < 1.29 is 22.8 Å². The predicted octanol–water partition coefficient (Wildman–Crippen LogP) is 1.48. The maximum absolute atomic E-state index is 13.3. The molecule has 0 fully saturated rings. The molecule has 0 saturated carbocycles. The zero-order valence-electron chi connectivity index (χ0n) is 22.3. The van der Waals surface area contributed by atoms with Gasteiger partial charge in [-0.15, -0.1) is 0 Å². The molecule has 0 unspecified atom stereocenters. The summed E-state index contributed by atoms with van der Waals surface area (Å²) in [5, 5.41) is 5.20. The molecule has 4 aromatic heterocycles. The van der Waals surface area contributed by atoms with E-state index in [2.05, 4.69) is 30.6 Å². The Morgan fingerprint density at radius 3 is 2.54 bits per heavy atom. The van der Waals surface area contributed by atoms with E-state index >= 15 is 0 Å². The van der Waals surface area contributed by atoms with Gasteiger partial charge < -0.3 is 15.2 Å². The SMILES string of the molecule is CN/C(C)=N\C(=O)Cn1c(=O)c2c(ncn2CC(=O)Nc2cccc(-c3cnc(C)c(C(F)(F)F)c3)n2)n(C)c1=O. The molecule has 214 valence electrons. The fraction of sp³-hybridized carbons (Fsp3) is 0.280. The quantitative estimate of drug-likeness (QED) is 0.260. The summed E-state index contributed by atoms with van der Waals surface area (Å²) in [6, 6.07) is 5.34. The highest BCUT2D eigenvalue weighted by Crippen LogP contribution is 2.33. The normalized spacial score (nSPS) is 12.0. The van der Waals surface area contributed by atoms with Gasteiger partial charge >= 0.3 is 11.9 Å². The van der Waals surface area contributed by atoms with Gasteiger partial charge in [0, 0.05) is 31.5 Å². The summed E-state index contributed by atoms with van der Waals surface area (Å²) in [7, 11) is 2.92. The first-order valence-electron chi connectivity index (χ1n) is 12.0. The number of imidazole rings is 1. The smallest absolute Gasteiger partial charge is 0.377 e. The summed E-state index contributed by atoms with van der Waals surface area (Å²) >= 11 is 0. The Labute approximate surface area is 229 Å². The van der Waals surface area contributed by atoms with Crippen LogP contribution in [0.2, 0.25) is 0 Å². The number of aliphatic imine (C=N–C) groups is 1. The summed E-state index contributed by atoms with van der Waals surface area (Å²) in [5.41, 5.74) is -2.56. The Balaban J connectivity index is 1.61. The number of hydrogen-bond donors (Lipinski definition) is 2. The van der Waals surface area contributed by atoms with Crippen LogP contribution in [0.5, 0.6) is 0 Å². The number of halogens is 3. The van der Waals surface area contributed by atoms with Crippen LogP contribution in [-0.2, 0) is 35.9 Å².